The average molecular weight is 377 g/mol. The highest BCUT2D eigenvalue weighted by molar-refractivity contribution is 5.94. The van der Waals surface area contributed by atoms with Gasteiger partial charge in [-0.2, -0.15) is 0 Å². The highest BCUT2D eigenvalue weighted by atomic mass is 19.1. The number of fused-ring (bicyclic) bond motifs is 1. The molecule has 0 amide bonds. The molecule has 0 aromatic carbocycles. The number of hydrogen-bond donors (Lipinski definition) is 0. The fraction of sp³-hybridized carbons (Fsp3) is 0.636. The minimum atomic E-state index is -0.630. The van der Waals surface area contributed by atoms with Crippen molar-refractivity contribution in [2.45, 2.75) is 91.6 Å². The Balaban J connectivity index is 2.71. The summed E-state index contributed by atoms with van der Waals surface area (Å²) in [6, 6.07) is 0. The Hall–Kier alpha value is -1.91. The van der Waals surface area contributed by atoms with Crippen LogP contribution in [0.4, 0.5) is 9.18 Å². The predicted octanol–water partition coefficient (Wildman–Crippen LogP) is 6.77. The van der Waals surface area contributed by atoms with Gasteiger partial charge in [0.1, 0.15) is 5.60 Å². The Morgan fingerprint density at radius 3 is 2.44 bits per heavy atom. The normalized spacial score (nSPS) is 13.4. The number of carbonyl (C=O) groups excluding carboxylic acids is 1. The maximum atomic E-state index is 14.7. The number of nitrogens with zero attached hydrogens (tertiary/aromatic N) is 2. The van der Waals surface area contributed by atoms with E-state index in [1.54, 1.807) is 10.8 Å². The van der Waals surface area contributed by atoms with E-state index in [2.05, 4.69) is 18.8 Å². The van der Waals surface area contributed by atoms with Gasteiger partial charge in [0.2, 0.25) is 0 Å². The van der Waals surface area contributed by atoms with Crippen molar-refractivity contribution < 1.29 is 13.9 Å². The number of unbranched alkanes of at least 4 members (excludes halogenated alkanes) is 2. The summed E-state index contributed by atoms with van der Waals surface area (Å²) in [5.41, 5.74) is 1.61. The van der Waals surface area contributed by atoms with E-state index in [0.717, 1.165) is 36.9 Å². The molecule has 0 saturated heterocycles. The number of hydrogen-bond acceptors (Lipinski definition) is 3. The molecule has 2 aromatic rings. The van der Waals surface area contributed by atoms with E-state index in [9.17, 15) is 9.18 Å². The zero-order valence-corrected chi connectivity index (χ0v) is 17.7. The number of aromatic nitrogens is 2. The molecule has 0 fully saturated rings. The van der Waals surface area contributed by atoms with E-state index in [1.165, 1.54) is 6.20 Å². The summed E-state index contributed by atoms with van der Waals surface area (Å²) < 4.78 is 22.0. The minimum Gasteiger partial charge on any atom is -0.443 e. The molecular formula is C22H33FN2O2. The predicted molar refractivity (Wildman–Crippen MR) is 108 cm³/mol. The van der Waals surface area contributed by atoms with Crippen molar-refractivity contribution in [1.29, 1.82) is 0 Å². The van der Waals surface area contributed by atoms with E-state index in [0.29, 0.717) is 10.9 Å². The SMILES string of the molecule is CCCCCC(C)c1c(C(C)C)c2c(F)cncc2n1C(=O)OC(C)(C)C. The second-order valence-electron chi connectivity index (χ2n) is 8.68. The molecule has 0 spiro atoms. The van der Waals surface area contributed by atoms with Crippen molar-refractivity contribution in [3.05, 3.63) is 29.5 Å². The van der Waals surface area contributed by atoms with Crippen LogP contribution in [0.25, 0.3) is 10.9 Å². The number of carbonyl (C=O) groups is 1. The molecule has 2 rings (SSSR count). The van der Waals surface area contributed by atoms with Gasteiger partial charge in [-0.05, 0) is 44.6 Å². The first-order valence-electron chi connectivity index (χ1n) is 9.99. The molecule has 2 heterocycles. The second-order valence-corrected chi connectivity index (χ2v) is 8.68. The molecule has 0 radical (unpaired) electrons. The van der Waals surface area contributed by atoms with Gasteiger partial charge in [0.15, 0.2) is 5.82 Å². The lowest BCUT2D eigenvalue weighted by molar-refractivity contribution is 0.0538. The topological polar surface area (TPSA) is 44.1 Å². The zero-order chi connectivity index (χ0) is 20.4. The molecule has 0 aliphatic rings. The van der Waals surface area contributed by atoms with Gasteiger partial charge in [-0.3, -0.25) is 4.98 Å². The van der Waals surface area contributed by atoms with Crippen LogP contribution in [0.5, 0.6) is 0 Å². The Bertz CT molecular complexity index is 803. The van der Waals surface area contributed by atoms with Crippen molar-refractivity contribution in [1.82, 2.24) is 9.55 Å². The third-order valence-corrected chi connectivity index (χ3v) is 4.77. The summed E-state index contributed by atoms with van der Waals surface area (Å²) in [5.74, 6) is -0.189. The summed E-state index contributed by atoms with van der Waals surface area (Å²) in [6.45, 7) is 13.9. The van der Waals surface area contributed by atoms with Crippen molar-refractivity contribution >= 4 is 17.0 Å². The highest BCUT2D eigenvalue weighted by Gasteiger charge is 2.30. The molecule has 5 heteroatoms. The van der Waals surface area contributed by atoms with Gasteiger partial charge in [0.05, 0.1) is 17.9 Å². The molecule has 1 atom stereocenters. The fourth-order valence-electron chi connectivity index (χ4n) is 3.65. The van der Waals surface area contributed by atoms with Crippen LogP contribution >= 0.6 is 0 Å². The Kier molecular flexibility index (Phi) is 6.66. The average Bonchev–Trinajstić information content (AvgIpc) is 2.90. The summed E-state index contributed by atoms with van der Waals surface area (Å²) in [6.07, 6.45) is 6.62. The highest BCUT2D eigenvalue weighted by Crippen LogP contribution is 2.39. The quantitative estimate of drug-likeness (QED) is 0.523. The Morgan fingerprint density at radius 1 is 1.22 bits per heavy atom. The summed E-state index contributed by atoms with van der Waals surface area (Å²) >= 11 is 0. The molecule has 1 unspecified atom stereocenters. The smallest absolute Gasteiger partial charge is 0.419 e. The molecule has 0 N–H and O–H groups in total. The van der Waals surface area contributed by atoms with E-state index < -0.39 is 11.7 Å². The van der Waals surface area contributed by atoms with Gasteiger partial charge >= 0.3 is 6.09 Å². The summed E-state index contributed by atoms with van der Waals surface area (Å²) in [7, 11) is 0. The molecule has 27 heavy (non-hydrogen) atoms. The van der Waals surface area contributed by atoms with Crippen molar-refractivity contribution in [2.75, 3.05) is 0 Å². The van der Waals surface area contributed by atoms with Crippen molar-refractivity contribution in [3.8, 4) is 0 Å². The first-order valence-corrected chi connectivity index (χ1v) is 9.99. The molecule has 4 nitrogen and oxygen atoms in total. The van der Waals surface area contributed by atoms with E-state index in [4.69, 9.17) is 4.74 Å². The number of ether oxygens (including phenoxy) is 1. The lowest BCUT2D eigenvalue weighted by Gasteiger charge is -2.23. The van der Waals surface area contributed by atoms with E-state index in [-0.39, 0.29) is 17.7 Å². The Labute approximate surface area is 162 Å². The van der Waals surface area contributed by atoms with Gasteiger partial charge < -0.3 is 4.74 Å². The largest absolute Gasteiger partial charge is 0.443 e. The van der Waals surface area contributed by atoms with Crippen LogP contribution in [0.3, 0.4) is 0 Å². The van der Waals surface area contributed by atoms with Crippen LogP contribution in [-0.4, -0.2) is 21.2 Å². The number of rotatable bonds is 6. The second kappa shape index (κ2) is 8.41. The van der Waals surface area contributed by atoms with Gasteiger partial charge in [-0.1, -0.05) is 47.0 Å². The molecular weight excluding hydrogens is 343 g/mol. The van der Waals surface area contributed by atoms with Crippen molar-refractivity contribution in [3.63, 3.8) is 0 Å². The zero-order valence-electron chi connectivity index (χ0n) is 17.7. The Morgan fingerprint density at radius 2 is 1.89 bits per heavy atom. The molecule has 2 aromatic heterocycles. The van der Waals surface area contributed by atoms with E-state index >= 15 is 0 Å². The molecule has 0 aliphatic carbocycles. The van der Waals surface area contributed by atoms with E-state index in [1.807, 2.05) is 34.6 Å². The summed E-state index contributed by atoms with van der Waals surface area (Å²) in [4.78, 5) is 17.1. The first-order chi connectivity index (χ1) is 12.6. The van der Waals surface area contributed by atoms with Gasteiger partial charge in [0, 0.05) is 11.1 Å². The third kappa shape index (κ3) is 4.69. The van der Waals surface area contributed by atoms with Crippen LogP contribution in [0.2, 0.25) is 0 Å². The molecule has 0 aliphatic heterocycles. The molecule has 150 valence electrons. The van der Waals surface area contributed by atoms with Crippen LogP contribution in [0, 0.1) is 5.82 Å². The van der Waals surface area contributed by atoms with Crippen LogP contribution in [0.1, 0.15) is 97.2 Å². The van der Waals surface area contributed by atoms with Gasteiger partial charge in [-0.15, -0.1) is 0 Å². The molecule has 0 bridgehead atoms. The first kappa shape index (κ1) is 21.4. The number of pyridine rings is 1. The van der Waals surface area contributed by atoms with Gasteiger partial charge in [0.25, 0.3) is 0 Å². The maximum Gasteiger partial charge on any atom is 0.419 e. The van der Waals surface area contributed by atoms with Crippen LogP contribution in [0.15, 0.2) is 12.4 Å². The lowest BCUT2D eigenvalue weighted by Crippen LogP contribution is -2.28. The minimum absolute atomic E-state index is 0.0803. The molecule has 0 saturated carbocycles. The van der Waals surface area contributed by atoms with Crippen molar-refractivity contribution in [2.24, 2.45) is 0 Å². The summed E-state index contributed by atoms with van der Waals surface area (Å²) in [5, 5.41) is 0.489. The van der Waals surface area contributed by atoms with Crippen LogP contribution in [-0.2, 0) is 4.74 Å². The maximum absolute atomic E-state index is 14.7. The fourth-order valence-corrected chi connectivity index (χ4v) is 3.65. The van der Waals surface area contributed by atoms with Crippen LogP contribution < -0.4 is 0 Å². The number of halogens is 1. The third-order valence-electron chi connectivity index (χ3n) is 4.77. The van der Waals surface area contributed by atoms with Gasteiger partial charge in [-0.25, -0.2) is 13.8 Å². The monoisotopic (exact) mass is 376 g/mol. The lowest BCUT2D eigenvalue weighted by atomic mass is 9.91. The standard InChI is InChI=1S/C22H33FN2O2/c1-8-9-10-11-15(4)20-18(14(2)3)19-16(23)12-24-13-17(19)25(20)21(26)27-22(5,6)7/h12-15H,8-11H2,1-7H3.